The first-order chi connectivity index (χ1) is 26.4. The number of hydrogen-bond acceptors (Lipinski definition) is 6. The first-order valence-corrected chi connectivity index (χ1v) is 22.7. The van der Waals surface area contributed by atoms with Gasteiger partial charge in [-0.15, -0.1) is 0 Å². The Morgan fingerprint density at radius 1 is 0.593 bits per heavy atom. The second-order valence-corrected chi connectivity index (χ2v) is 15.6. The van der Waals surface area contributed by atoms with Crippen LogP contribution < -0.4 is 0 Å². The summed E-state index contributed by atoms with van der Waals surface area (Å²) in [6.07, 6.45) is 49.2. The number of aliphatic hydroxyl groups excluding tert-OH is 2. The van der Waals surface area contributed by atoms with Gasteiger partial charge < -0.3 is 19.7 Å². The van der Waals surface area contributed by atoms with E-state index in [9.17, 15) is 19.8 Å². The summed E-state index contributed by atoms with van der Waals surface area (Å²) in [6, 6.07) is 0. The zero-order chi connectivity index (χ0) is 39.6. The SMILES string of the molecule is CCCCC/C=C\C/C=C\CC(O)/C=C\C=C\CCCC(=O)OC[C@H](CO)OC(=O)CCCCCCCCCCCCCCCCCCCCC(C)CC. The Hall–Kier alpha value is -2.18. The van der Waals surface area contributed by atoms with Gasteiger partial charge in [0.1, 0.15) is 6.61 Å². The van der Waals surface area contributed by atoms with Crippen LogP contribution in [0.25, 0.3) is 0 Å². The Balaban J connectivity index is 3.65. The Bertz CT molecular complexity index is 937. The molecule has 0 saturated carbocycles. The van der Waals surface area contributed by atoms with Gasteiger partial charge in [-0.1, -0.05) is 204 Å². The van der Waals surface area contributed by atoms with Crippen molar-refractivity contribution in [2.45, 2.75) is 226 Å². The molecule has 6 nitrogen and oxygen atoms in total. The molecule has 0 bridgehead atoms. The minimum absolute atomic E-state index is 0.125. The molecule has 2 unspecified atom stereocenters. The molecule has 2 N–H and O–H groups in total. The topological polar surface area (TPSA) is 93.1 Å². The number of esters is 2. The lowest BCUT2D eigenvalue weighted by Crippen LogP contribution is -2.28. The van der Waals surface area contributed by atoms with E-state index in [1.165, 1.54) is 128 Å². The van der Waals surface area contributed by atoms with Crippen LogP contribution in [0.2, 0.25) is 0 Å². The van der Waals surface area contributed by atoms with Gasteiger partial charge in [0.25, 0.3) is 0 Å². The van der Waals surface area contributed by atoms with Gasteiger partial charge >= 0.3 is 11.9 Å². The summed E-state index contributed by atoms with van der Waals surface area (Å²) in [5.41, 5.74) is 0. The number of carbonyl (C=O) groups is 2. The van der Waals surface area contributed by atoms with E-state index >= 15 is 0 Å². The molecule has 54 heavy (non-hydrogen) atoms. The Labute approximate surface area is 333 Å². The predicted molar refractivity (Wildman–Crippen MR) is 230 cm³/mol. The molecule has 0 heterocycles. The summed E-state index contributed by atoms with van der Waals surface area (Å²) in [5, 5.41) is 19.6. The lowest BCUT2D eigenvalue weighted by atomic mass is 9.99. The fraction of sp³-hybridized carbons (Fsp3) is 0.792. The molecule has 6 heteroatoms. The highest BCUT2D eigenvalue weighted by Crippen LogP contribution is 2.17. The smallest absolute Gasteiger partial charge is 0.306 e. The summed E-state index contributed by atoms with van der Waals surface area (Å²) in [6.45, 7) is 6.39. The van der Waals surface area contributed by atoms with Crippen LogP contribution in [0.3, 0.4) is 0 Å². The molecular formula is C48H86O6. The van der Waals surface area contributed by atoms with Gasteiger partial charge in [-0.25, -0.2) is 0 Å². The number of unbranched alkanes of at least 4 members (excludes halogenated alkanes) is 21. The Kier molecular flexibility index (Phi) is 40.3. The zero-order valence-corrected chi connectivity index (χ0v) is 35.5. The van der Waals surface area contributed by atoms with Crippen LogP contribution in [-0.2, 0) is 19.1 Å². The first-order valence-electron chi connectivity index (χ1n) is 22.7. The second kappa shape index (κ2) is 42.0. The van der Waals surface area contributed by atoms with E-state index in [0.717, 1.165) is 38.0 Å². The molecule has 0 rings (SSSR count). The average Bonchev–Trinajstić information content (AvgIpc) is 3.17. The van der Waals surface area contributed by atoms with Crippen LogP contribution >= 0.6 is 0 Å². The molecule has 0 aromatic carbocycles. The third kappa shape index (κ3) is 39.5. The molecule has 3 atom stereocenters. The lowest BCUT2D eigenvalue weighted by Gasteiger charge is -2.15. The van der Waals surface area contributed by atoms with Gasteiger partial charge in [0.15, 0.2) is 6.10 Å². The van der Waals surface area contributed by atoms with E-state index in [2.05, 4.69) is 39.0 Å². The monoisotopic (exact) mass is 759 g/mol. The Morgan fingerprint density at radius 2 is 1.13 bits per heavy atom. The molecule has 314 valence electrons. The third-order valence-electron chi connectivity index (χ3n) is 10.2. The number of rotatable bonds is 40. The Morgan fingerprint density at radius 3 is 1.70 bits per heavy atom. The van der Waals surface area contributed by atoms with Crippen LogP contribution in [0.5, 0.6) is 0 Å². The van der Waals surface area contributed by atoms with Crippen molar-refractivity contribution in [2.24, 2.45) is 5.92 Å². The highest BCUT2D eigenvalue weighted by molar-refractivity contribution is 5.70. The molecule has 0 amide bonds. The van der Waals surface area contributed by atoms with Crippen LogP contribution in [0.15, 0.2) is 48.6 Å². The van der Waals surface area contributed by atoms with Crippen molar-refractivity contribution < 1.29 is 29.3 Å². The largest absolute Gasteiger partial charge is 0.462 e. The number of allylic oxidation sites excluding steroid dienone is 6. The molecule has 0 radical (unpaired) electrons. The number of carbonyl (C=O) groups excluding carboxylic acids is 2. The van der Waals surface area contributed by atoms with E-state index in [4.69, 9.17) is 9.47 Å². The number of aliphatic hydroxyl groups is 2. The van der Waals surface area contributed by atoms with Crippen molar-refractivity contribution in [2.75, 3.05) is 13.2 Å². The summed E-state index contributed by atoms with van der Waals surface area (Å²) in [7, 11) is 0. The van der Waals surface area contributed by atoms with Crippen molar-refractivity contribution in [1.29, 1.82) is 0 Å². The molecule has 0 spiro atoms. The molecule has 0 aliphatic heterocycles. The molecular weight excluding hydrogens is 673 g/mol. The predicted octanol–water partition coefficient (Wildman–Crippen LogP) is 13.4. The standard InChI is InChI=1S/C48H86O6/c1-4-6-7-8-9-20-24-28-33-38-45(50)39-34-29-26-31-35-40-47(51)53-43-46(42-49)54-48(52)41-36-30-25-22-19-17-15-13-11-10-12-14-16-18-21-23-27-32-37-44(3)5-2/h9,20,26,28-29,33-34,39,44-46,49-50H,4-8,10-19,21-25,27,30-32,35-38,40-43H2,1-3H3/b20-9-,29-26+,33-28-,39-34-/t44?,45?,46-/m0/s1. The number of hydrogen-bond donors (Lipinski definition) is 2. The van der Waals surface area contributed by atoms with Crippen molar-refractivity contribution in [3.8, 4) is 0 Å². The minimum Gasteiger partial charge on any atom is -0.462 e. The molecule has 0 aromatic rings. The molecule has 0 aliphatic rings. The van der Waals surface area contributed by atoms with E-state index < -0.39 is 12.2 Å². The highest BCUT2D eigenvalue weighted by Gasteiger charge is 2.16. The molecule has 0 saturated heterocycles. The lowest BCUT2D eigenvalue weighted by molar-refractivity contribution is -0.161. The molecule has 0 fully saturated rings. The second-order valence-electron chi connectivity index (χ2n) is 15.6. The van der Waals surface area contributed by atoms with E-state index in [1.807, 2.05) is 24.3 Å². The highest BCUT2D eigenvalue weighted by atomic mass is 16.6. The molecule has 0 aliphatic carbocycles. The van der Waals surface area contributed by atoms with E-state index in [-0.39, 0.29) is 31.6 Å². The van der Waals surface area contributed by atoms with Crippen LogP contribution in [0, 0.1) is 5.92 Å². The fourth-order valence-electron chi connectivity index (χ4n) is 6.37. The quantitative estimate of drug-likeness (QED) is 0.0280. The van der Waals surface area contributed by atoms with Gasteiger partial charge in [0.05, 0.1) is 12.7 Å². The molecule has 0 aromatic heterocycles. The summed E-state index contributed by atoms with van der Waals surface area (Å²) in [4.78, 5) is 24.3. The van der Waals surface area contributed by atoms with Crippen molar-refractivity contribution in [3.63, 3.8) is 0 Å². The zero-order valence-electron chi connectivity index (χ0n) is 35.5. The van der Waals surface area contributed by atoms with Crippen LogP contribution in [0.1, 0.15) is 213 Å². The summed E-state index contributed by atoms with van der Waals surface area (Å²) < 4.78 is 10.6. The van der Waals surface area contributed by atoms with Gasteiger partial charge in [0, 0.05) is 12.8 Å². The maximum Gasteiger partial charge on any atom is 0.306 e. The maximum absolute atomic E-state index is 12.2. The number of ether oxygens (including phenoxy) is 2. The van der Waals surface area contributed by atoms with Gasteiger partial charge in [0.2, 0.25) is 0 Å². The summed E-state index contributed by atoms with van der Waals surface area (Å²) >= 11 is 0. The maximum atomic E-state index is 12.2. The summed E-state index contributed by atoms with van der Waals surface area (Å²) in [5.74, 6) is 0.193. The van der Waals surface area contributed by atoms with Crippen molar-refractivity contribution >= 4 is 11.9 Å². The first kappa shape index (κ1) is 51.8. The minimum atomic E-state index is -0.821. The van der Waals surface area contributed by atoms with Gasteiger partial charge in [-0.05, 0) is 50.9 Å². The van der Waals surface area contributed by atoms with Gasteiger partial charge in [-0.3, -0.25) is 9.59 Å². The normalized spacial score (nSPS) is 13.8. The van der Waals surface area contributed by atoms with E-state index in [0.29, 0.717) is 25.7 Å². The van der Waals surface area contributed by atoms with Crippen molar-refractivity contribution in [1.82, 2.24) is 0 Å². The van der Waals surface area contributed by atoms with Gasteiger partial charge in [-0.2, -0.15) is 0 Å². The van der Waals surface area contributed by atoms with Crippen LogP contribution in [-0.4, -0.2) is 47.6 Å². The average molecular weight is 759 g/mol. The third-order valence-corrected chi connectivity index (χ3v) is 10.2. The van der Waals surface area contributed by atoms with Crippen LogP contribution in [0.4, 0.5) is 0 Å². The van der Waals surface area contributed by atoms with Crippen molar-refractivity contribution in [3.05, 3.63) is 48.6 Å². The fourth-order valence-corrected chi connectivity index (χ4v) is 6.37. The van der Waals surface area contributed by atoms with E-state index in [1.54, 1.807) is 6.08 Å².